The lowest BCUT2D eigenvalue weighted by Crippen LogP contribution is -2.55. The third-order valence-corrected chi connectivity index (χ3v) is 4.79. The molecular weight excluding hydrogens is 276 g/mol. The highest BCUT2D eigenvalue weighted by atomic mass is 35.5. The zero-order chi connectivity index (χ0) is 14.0. The van der Waals surface area contributed by atoms with Gasteiger partial charge >= 0.3 is 0 Å². The summed E-state index contributed by atoms with van der Waals surface area (Å²) in [7, 11) is 0. The number of piperidine rings is 1. The Bertz CT molecular complexity index is 465. The predicted octanol–water partition coefficient (Wildman–Crippen LogP) is 2.00. The smallest absolute Gasteiger partial charge is 0.134 e. The van der Waals surface area contributed by atoms with Crippen LogP contribution in [0.15, 0.2) is 18.2 Å². The van der Waals surface area contributed by atoms with E-state index in [1.54, 1.807) is 6.07 Å². The molecule has 110 valence electrons. The number of hydrogen-bond acceptors (Lipinski definition) is 4. The fourth-order valence-electron chi connectivity index (χ4n) is 3.08. The first-order valence-electron chi connectivity index (χ1n) is 7.22. The molecule has 0 aliphatic carbocycles. The monoisotopic (exact) mass is 296 g/mol. The van der Waals surface area contributed by atoms with Crippen LogP contribution in [0.5, 0.6) is 5.75 Å². The zero-order valence-corrected chi connectivity index (χ0v) is 12.3. The van der Waals surface area contributed by atoms with Crippen LogP contribution in [0.25, 0.3) is 0 Å². The molecule has 20 heavy (non-hydrogen) atoms. The molecule has 2 N–H and O–H groups in total. The molecule has 2 aliphatic rings. The molecule has 1 aromatic rings. The number of phenols is 1. The Morgan fingerprint density at radius 3 is 2.85 bits per heavy atom. The van der Waals surface area contributed by atoms with Crippen LogP contribution in [0.3, 0.4) is 0 Å². The van der Waals surface area contributed by atoms with Crippen LogP contribution >= 0.6 is 11.6 Å². The van der Waals surface area contributed by atoms with E-state index in [2.05, 4.69) is 10.2 Å². The molecule has 1 aromatic carbocycles. The Morgan fingerprint density at radius 1 is 1.35 bits per heavy atom. The summed E-state index contributed by atoms with van der Waals surface area (Å²) in [6.45, 7) is 5.55. The highest BCUT2D eigenvalue weighted by molar-refractivity contribution is 6.32. The van der Waals surface area contributed by atoms with Crippen LogP contribution in [-0.2, 0) is 11.3 Å². The van der Waals surface area contributed by atoms with E-state index < -0.39 is 0 Å². The van der Waals surface area contributed by atoms with E-state index in [1.807, 2.05) is 12.1 Å². The van der Waals surface area contributed by atoms with E-state index in [1.165, 1.54) is 0 Å². The molecule has 1 spiro atoms. The summed E-state index contributed by atoms with van der Waals surface area (Å²) in [4.78, 5) is 2.38. The number of nitrogens with one attached hydrogen (secondary N) is 1. The number of halogens is 1. The summed E-state index contributed by atoms with van der Waals surface area (Å²) in [5.74, 6) is 0.164. The van der Waals surface area contributed by atoms with Gasteiger partial charge in [-0.2, -0.15) is 0 Å². The summed E-state index contributed by atoms with van der Waals surface area (Å²) < 4.78 is 5.99. The van der Waals surface area contributed by atoms with E-state index in [9.17, 15) is 5.11 Å². The van der Waals surface area contributed by atoms with Gasteiger partial charge in [0.15, 0.2) is 0 Å². The lowest BCUT2D eigenvalue weighted by atomic mass is 9.90. The van der Waals surface area contributed by atoms with Crippen LogP contribution < -0.4 is 5.32 Å². The molecule has 2 saturated heterocycles. The van der Waals surface area contributed by atoms with Gasteiger partial charge in [0.1, 0.15) is 5.75 Å². The van der Waals surface area contributed by atoms with Crippen molar-refractivity contribution in [3.8, 4) is 5.75 Å². The predicted molar refractivity (Wildman–Crippen MR) is 79.2 cm³/mol. The van der Waals surface area contributed by atoms with Gasteiger partial charge < -0.3 is 15.2 Å². The lowest BCUT2D eigenvalue weighted by molar-refractivity contribution is -0.100. The number of likely N-dealkylation sites (tertiary alicyclic amines) is 1. The molecule has 0 unspecified atom stereocenters. The van der Waals surface area contributed by atoms with E-state index in [0.29, 0.717) is 5.02 Å². The molecule has 2 aliphatic heterocycles. The summed E-state index contributed by atoms with van der Waals surface area (Å²) in [5.41, 5.74) is 1.03. The maximum absolute atomic E-state index is 9.65. The second-order valence-corrected chi connectivity index (χ2v) is 6.11. The Hall–Kier alpha value is -0.810. The number of aromatic hydroxyl groups is 1. The molecule has 0 amide bonds. The standard InChI is InChI=1S/C15H21ClN2O2/c16-14-12(2-1-3-13(14)19)10-18-7-4-15(5-8-18)11-17-6-9-20-15/h1-3,17,19H,4-11H2. The maximum atomic E-state index is 9.65. The number of hydrogen-bond donors (Lipinski definition) is 2. The Labute approximate surface area is 124 Å². The van der Waals surface area contributed by atoms with Crippen molar-refractivity contribution in [2.24, 2.45) is 0 Å². The first-order valence-corrected chi connectivity index (χ1v) is 7.60. The van der Waals surface area contributed by atoms with Gasteiger partial charge in [0.05, 0.1) is 17.2 Å². The quantitative estimate of drug-likeness (QED) is 0.876. The molecule has 0 radical (unpaired) electrons. The molecule has 4 nitrogen and oxygen atoms in total. The zero-order valence-electron chi connectivity index (χ0n) is 11.6. The first-order chi connectivity index (χ1) is 9.69. The van der Waals surface area contributed by atoms with Gasteiger partial charge in [-0.3, -0.25) is 4.90 Å². The fraction of sp³-hybridized carbons (Fsp3) is 0.600. The van der Waals surface area contributed by atoms with Crippen LogP contribution in [0.1, 0.15) is 18.4 Å². The van der Waals surface area contributed by atoms with Gasteiger partial charge in [-0.05, 0) is 24.5 Å². The molecule has 5 heteroatoms. The molecule has 0 atom stereocenters. The SMILES string of the molecule is Oc1cccc(CN2CCC3(CC2)CNCCO3)c1Cl. The van der Waals surface area contributed by atoms with Crippen molar-refractivity contribution in [2.75, 3.05) is 32.8 Å². The minimum absolute atomic E-state index is 0.0391. The molecular formula is C15H21ClN2O2. The number of morpholine rings is 1. The number of benzene rings is 1. The Kier molecular flexibility index (Phi) is 4.17. The second kappa shape index (κ2) is 5.90. The highest BCUT2D eigenvalue weighted by Gasteiger charge is 2.36. The van der Waals surface area contributed by atoms with Gasteiger partial charge in [0.25, 0.3) is 0 Å². The lowest BCUT2D eigenvalue weighted by Gasteiger charge is -2.44. The van der Waals surface area contributed by atoms with E-state index in [-0.39, 0.29) is 11.4 Å². The van der Waals surface area contributed by atoms with Crippen molar-refractivity contribution in [3.63, 3.8) is 0 Å². The van der Waals surface area contributed by atoms with E-state index >= 15 is 0 Å². The molecule has 0 saturated carbocycles. The van der Waals surface area contributed by atoms with Crippen molar-refractivity contribution in [1.29, 1.82) is 0 Å². The molecule has 0 aromatic heterocycles. The number of nitrogens with zero attached hydrogens (tertiary/aromatic N) is 1. The van der Waals surface area contributed by atoms with Crippen LogP contribution in [-0.4, -0.2) is 48.4 Å². The van der Waals surface area contributed by atoms with Crippen molar-refractivity contribution >= 4 is 11.6 Å². The molecule has 3 rings (SSSR count). The molecule has 2 heterocycles. The minimum Gasteiger partial charge on any atom is -0.506 e. The van der Waals surface area contributed by atoms with Gasteiger partial charge in [0.2, 0.25) is 0 Å². The number of phenolic OH excluding ortho intramolecular Hbond substituents is 1. The van der Waals surface area contributed by atoms with Gasteiger partial charge in [-0.15, -0.1) is 0 Å². The van der Waals surface area contributed by atoms with Crippen LogP contribution in [0.2, 0.25) is 5.02 Å². The Balaban J connectivity index is 1.60. The first kappa shape index (κ1) is 14.1. The van der Waals surface area contributed by atoms with Crippen LogP contribution in [0.4, 0.5) is 0 Å². The molecule has 2 fully saturated rings. The van der Waals surface area contributed by atoms with Crippen molar-refractivity contribution < 1.29 is 9.84 Å². The van der Waals surface area contributed by atoms with Crippen molar-refractivity contribution in [2.45, 2.75) is 25.0 Å². The van der Waals surface area contributed by atoms with Crippen molar-refractivity contribution in [1.82, 2.24) is 10.2 Å². The summed E-state index contributed by atoms with van der Waals surface area (Å²) in [6, 6.07) is 5.44. The average molecular weight is 297 g/mol. The molecule has 0 bridgehead atoms. The van der Waals surface area contributed by atoms with Crippen molar-refractivity contribution in [3.05, 3.63) is 28.8 Å². The number of ether oxygens (including phenoxy) is 1. The summed E-state index contributed by atoms with van der Waals surface area (Å²) >= 11 is 6.14. The second-order valence-electron chi connectivity index (χ2n) is 5.73. The third kappa shape index (κ3) is 2.93. The largest absolute Gasteiger partial charge is 0.506 e. The fourth-order valence-corrected chi connectivity index (χ4v) is 3.26. The van der Waals surface area contributed by atoms with Crippen LogP contribution in [0, 0.1) is 0 Å². The Morgan fingerprint density at radius 2 is 2.15 bits per heavy atom. The highest BCUT2D eigenvalue weighted by Crippen LogP contribution is 2.31. The van der Waals surface area contributed by atoms with Gasteiger partial charge in [-0.25, -0.2) is 0 Å². The normalized spacial score (nSPS) is 23.1. The average Bonchev–Trinajstić information content (AvgIpc) is 2.47. The third-order valence-electron chi connectivity index (χ3n) is 4.35. The van der Waals surface area contributed by atoms with Gasteiger partial charge in [0, 0.05) is 32.7 Å². The van der Waals surface area contributed by atoms with E-state index in [0.717, 1.165) is 57.7 Å². The summed E-state index contributed by atoms with van der Waals surface area (Å²) in [6.07, 6.45) is 2.10. The minimum atomic E-state index is 0.0391. The van der Waals surface area contributed by atoms with Gasteiger partial charge in [-0.1, -0.05) is 23.7 Å². The maximum Gasteiger partial charge on any atom is 0.134 e. The summed E-state index contributed by atoms with van der Waals surface area (Å²) in [5, 5.41) is 13.6. The topological polar surface area (TPSA) is 44.7 Å². The van der Waals surface area contributed by atoms with E-state index in [4.69, 9.17) is 16.3 Å². The number of rotatable bonds is 2.